The number of benzene rings is 1. The molecule has 3 rings (SSSR count). The number of allylic oxidation sites excluding steroid dienone is 1. The van der Waals surface area contributed by atoms with Crippen molar-refractivity contribution in [1.29, 1.82) is 0 Å². The molecule has 0 heterocycles. The average molecular weight is 288 g/mol. The largest absolute Gasteiger partial charge is 0.494 e. The van der Waals surface area contributed by atoms with Crippen LogP contribution in [0, 0.1) is 11.8 Å². The molecule has 2 aliphatic carbocycles. The maximum Gasteiger partial charge on any atom is 0.171 e. The first kappa shape index (κ1) is 13.4. The molecule has 3 nitrogen and oxygen atoms in total. The van der Waals surface area contributed by atoms with Crippen LogP contribution in [0.3, 0.4) is 0 Å². The Morgan fingerprint density at radius 3 is 2.65 bits per heavy atom. The van der Waals surface area contributed by atoms with Gasteiger partial charge in [-0.15, -0.1) is 0 Å². The Morgan fingerprint density at radius 2 is 2.05 bits per heavy atom. The summed E-state index contributed by atoms with van der Waals surface area (Å²) in [6.45, 7) is 2.67. The molecule has 2 aliphatic rings. The summed E-state index contributed by atoms with van der Waals surface area (Å²) in [5, 5.41) is 7.38. The van der Waals surface area contributed by atoms with Crippen LogP contribution in [0.1, 0.15) is 19.8 Å². The van der Waals surface area contributed by atoms with Crippen LogP contribution in [0.5, 0.6) is 5.75 Å². The summed E-state index contributed by atoms with van der Waals surface area (Å²) in [5.41, 5.74) is 0.990. The van der Waals surface area contributed by atoms with Gasteiger partial charge in [-0.1, -0.05) is 12.2 Å². The van der Waals surface area contributed by atoms with Crippen LogP contribution in [0.4, 0.5) is 5.69 Å². The quantitative estimate of drug-likeness (QED) is 0.657. The van der Waals surface area contributed by atoms with Gasteiger partial charge in [-0.25, -0.2) is 0 Å². The van der Waals surface area contributed by atoms with E-state index < -0.39 is 0 Å². The zero-order valence-corrected chi connectivity index (χ0v) is 12.5. The molecule has 20 heavy (non-hydrogen) atoms. The van der Waals surface area contributed by atoms with Crippen molar-refractivity contribution in [3.63, 3.8) is 0 Å². The fourth-order valence-electron chi connectivity index (χ4n) is 3.08. The number of nitrogens with one attached hydrogen (secondary N) is 2. The lowest BCUT2D eigenvalue weighted by Gasteiger charge is -2.22. The van der Waals surface area contributed by atoms with Gasteiger partial charge in [0.05, 0.1) is 6.61 Å². The molecule has 106 valence electrons. The molecule has 1 aromatic rings. The molecule has 0 aromatic heterocycles. The van der Waals surface area contributed by atoms with E-state index in [1.54, 1.807) is 0 Å². The Hall–Kier alpha value is -1.55. The highest BCUT2D eigenvalue weighted by atomic mass is 32.1. The first-order valence-electron chi connectivity index (χ1n) is 7.23. The highest BCUT2D eigenvalue weighted by Crippen LogP contribution is 2.38. The van der Waals surface area contributed by atoms with Crippen LogP contribution in [0.25, 0.3) is 0 Å². The van der Waals surface area contributed by atoms with E-state index in [4.69, 9.17) is 17.0 Å². The third-order valence-corrected chi connectivity index (χ3v) is 4.24. The monoisotopic (exact) mass is 288 g/mol. The molecule has 0 radical (unpaired) electrons. The van der Waals surface area contributed by atoms with E-state index in [9.17, 15) is 0 Å². The molecule has 0 spiro atoms. The van der Waals surface area contributed by atoms with Crippen molar-refractivity contribution in [2.24, 2.45) is 11.8 Å². The van der Waals surface area contributed by atoms with Gasteiger partial charge in [-0.2, -0.15) is 0 Å². The van der Waals surface area contributed by atoms with Gasteiger partial charge in [0.25, 0.3) is 0 Å². The minimum absolute atomic E-state index is 0.493. The maximum atomic E-state index is 5.42. The summed E-state index contributed by atoms with van der Waals surface area (Å²) in [4.78, 5) is 0. The Balaban J connectivity index is 1.52. The first-order chi connectivity index (χ1) is 9.74. The SMILES string of the molecule is CCOc1ccc(NC(=S)N[C@@H]2C[C@@H]3C=C[C@H]2C3)cc1. The van der Waals surface area contributed by atoms with Gasteiger partial charge in [0.15, 0.2) is 5.11 Å². The second-order valence-corrected chi connectivity index (χ2v) is 5.85. The van der Waals surface area contributed by atoms with E-state index in [0.717, 1.165) is 17.4 Å². The number of fused-ring (bicyclic) bond motifs is 2. The van der Waals surface area contributed by atoms with E-state index in [1.165, 1.54) is 12.8 Å². The maximum absolute atomic E-state index is 5.42. The lowest BCUT2D eigenvalue weighted by atomic mass is 10.0. The molecule has 1 aromatic carbocycles. The van der Waals surface area contributed by atoms with Gasteiger partial charge in [0.2, 0.25) is 0 Å². The standard InChI is InChI=1S/C16H20N2OS/c1-2-19-14-7-5-13(6-8-14)17-16(20)18-15-10-11-3-4-12(15)9-11/h3-8,11-12,15H,2,9-10H2,1H3,(H2,17,18,20)/t11-,12+,15-/m1/s1. The van der Waals surface area contributed by atoms with E-state index in [0.29, 0.717) is 23.7 Å². The van der Waals surface area contributed by atoms with Crippen molar-refractivity contribution in [2.75, 3.05) is 11.9 Å². The predicted molar refractivity (Wildman–Crippen MR) is 86.1 cm³/mol. The van der Waals surface area contributed by atoms with Crippen LogP contribution in [-0.2, 0) is 0 Å². The molecule has 1 fully saturated rings. The number of hydrogen-bond donors (Lipinski definition) is 2. The second-order valence-electron chi connectivity index (χ2n) is 5.44. The molecule has 4 heteroatoms. The number of thiocarbonyl (C=S) groups is 1. The fraction of sp³-hybridized carbons (Fsp3) is 0.438. The Labute approximate surface area is 125 Å². The van der Waals surface area contributed by atoms with Crippen molar-refractivity contribution in [1.82, 2.24) is 5.32 Å². The Bertz CT molecular complexity index is 512. The highest BCUT2D eigenvalue weighted by molar-refractivity contribution is 7.80. The van der Waals surface area contributed by atoms with Gasteiger partial charge in [0.1, 0.15) is 5.75 Å². The minimum Gasteiger partial charge on any atom is -0.494 e. The predicted octanol–water partition coefficient (Wildman–Crippen LogP) is 3.34. The Kier molecular flexibility index (Phi) is 3.92. The summed E-state index contributed by atoms with van der Waals surface area (Å²) < 4.78 is 5.42. The lowest BCUT2D eigenvalue weighted by Crippen LogP contribution is -2.40. The van der Waals surface area contributed by atoms with Crippen molar-refractivity contribution >= 4 is 23.0 Å². The number of rotatable bonds is 4. The number of hydrogen-bond acceptors (Lipinski definition) is 2. The summed E-state index contributed by atoms with van der Waals surface area (Å²) in [7, 11) is 0. The van der Waals surface area contributed by atoms with E-state index in [-0.39, 0.29) is 0 Å². The zero-order valence-electron chi connectivity index (χ0n) is 11.6. The zero-order chi connectivity index (χ0) is 13.9. The van der Waals surface area contributed by atoms with E-state index >= 15 is 0 Å². The minimum atomic E-state index is 0.493. The molecule has 0 amide bonds. The number of ether oxygens (including phenoxy) is 1. The molecule has 2 N–H and O–H groups in total. The highest BCUT2D eigenvalue weighted by Gasteiger charge is 2.35. The summed E-state index contributed by atoms with van der Waals surface area (Å²) in [6.07, 6.45) is 7.15. The van der Waals surface area contributed by atoms with Gasteiger partial charge >= 0.3 is 0 Å². The molecular formula is C16H20N2OS. The van der Waals surface area contributed by atoms with Crippen molar-refractivity contribution in [3.8, 4) is 5.75 Å². The van der Waals surface area contributed by atoms with Crippen molar-refractivity contribution in [3.05, 3.63) is 36.4 Å². The molecule has 2 bridgehead atoms. The third-order valence-electron chi connectivity index (χ3n) is 4.02. The van der Waals surface area contributed by atoms with Crippen LogP contribution < -0.4 is 15.4 Å². The van der Waals surface area contributed by atoms with Gasteiger partial charge in [0, 0.05) is 11.7 Å². The average Bonchev–Trinajstić information content (AvgIpc) is 3.03. The third kappa shape index (κ3) is 2.96. The van der Waals surface area contributed by atoms with Crippen LogP contribution in [0.2, 0.25) is 0 Å². The van der Waals surface area contributed by atoms with Crippen LogP contribution >= 0.6 is 12.2 Å². The van der Waals surface area contributed by atoms with Crippen LogP contribution in [-0.4, -0.2) is 17.8 Å². The van der Waals surface area contributed by atoms with Crippen molar-refractivity contribution < 1.29 is 4.74 Å². The fourth-order valence-corrected chi connectivity index (χ4v) is 3.35. The molecule has 0 unspecified atom stereocenters. The number of anilines is 1. The van der Waals surface area contributed by atoms with Crippen molar-refractivity contribution in [2.45, 2.75) is 25.8 Å². The van der Waals surface area contributed by atoms with Gasteiger partial charge < -0.3 is 15.4 Å². The summed E-state index contributed by atoms with van der Waals surface area (Å²) in [5.74, 6) is 2.29. The second kappa shape index (κ2) is 5.83. The van der Waals surface area contributed by atoms with Gasteiger partial charge in [-0.3, -0.25) is 0 Å². The van der Waals surface area contributed by atoms with Crippen LogP contribution in [0.15, 0.2) is 36.4 Å². The molecule has 0 saturated heterocycles. The summed E-state index contributed by atoms with van der Waals surface area (Å²) >= 11 is 5.39. The van der Waals surface area contributed by atoms with E-state index in [2.05, 4.69) is 22.8 Å². The first-order valence-corrected chi connectivity index (χ1v) is 7.64. The smallest absolute Gasteiger partial charge is 0.171 e. The summed E-state index contributed by atoms with van der Waals surface area (Å²) in [6, 6.07) is 8.37. The normalized spacial score (nSPS) is 26.6. The molecular weight excluding hydrogens is 268 g/mol. The van der Waals surface area contributed by atoms with E-state index in [1.807, 2.05) is 31.2 Å². The molecule has 0 aliphatic heterocycles. The molecule has 3 atom stereocenters. The Morgan fingerprint density at radius 1 is 1.25 bits per heavy atom. The topological polar surface area (TPSA) is 33.3 Å². The lowest BCUT2D eigenvalue weighted by molar-refractivity contribution is 0.340. The van der Waals surface area contributed by atoms with Gasteiger partial charge in [-0.05, 0) is 68.1 Å². The molecule has 1 saturated carbocycles.